The number of hydrogen-bond acceptors (Lipinski definition) is 1. The molecule has 0 aromatic heterocycles. The van der Waals surface area contributed by atoms with Gasteiger partial charge in [0.05, 0.1) is 0 Å². The molecule has 0 saturated heterocycles. The molecule has 2 heteroatoms. The smallest absolute Gasteiger partial charge is 0.104 e. The molecule has 2 aromatic rings. The highest BCUT2D eigenvalue weighted by Gasteiger charge is 1.98. The van der Waals surface area contributed by atoms with Crippen LogP contribution in [0.15, 0.2) is 36.4 Å². The first-order valence-electron chi connectivity index (χ1n) is 4.47. The van der Waals surface area contributed by atoms with Crippen LogP contribution < -0.4 is 5.73 Å². The summed E-state index contributed by atoms with van der Waals surface area (Å²) < 4.78 is 0. The molecular formula is C12H11NS. The van der Waals surface area contributed by atoms with E-state index >= 15 is 0 Å². The Balaban J connectivity index is 2.67. The highest BCUT2D eigenvalue weighted by Crippen LogP contribution is 2.17. The monoisotopic (exact) mass is 201 g/mol. The lowest BCUT2D eigenvalue weighted by atomic mass is 10.0. The summed E-state index contributed by atoms with van der Waals surface area (Å²) in [5, 5.41) is 2.41. The summed E-state index contributed by atoms with van der Waals surface area (Å²) in [6, 6.07) is 12.4. The molecule has 0 spiro atoms. The zero-order valence-electron chi connectivity index (χ0n) is 7.95. The molecule has 0 amide bonds. The summed E-state index contributed by atoms with van der Waals surface area (Å²) in [5.41, 5.74) is 7.76. The molecule has 0 fully saturated rings. The average Bonchev–Trinajstić information content (AvgIpc) is 2.16. The van der Waals surface area contributed by atoms with Gasteiger partial charge in [-0.25, -0.2) is 0 Å². The fraction of sp³-hybridized carbons (Fsp3) is 0.0833. The quantitative estimate of drug-likeness (QED) is 0.718. The molecular weight excluding hydrogens is 190 g/mol. The third-order valence-corrected chi connectivity index (χ3v) is 2.52. The Morgan fingerprint density at radius 1 is 1.07 bits per heavy atom. The molecule has 0 aliphatic heterocycles. The van der Waals surface area contributed by atoms with Gasteiger partial charge in [-0.1, -0.05) is 48.1 Å². The molecule has 0 aliphatic rings. The molecule has 0 bridgehead atoms. The molecule has 2 aromatic carbocycles. The topological polar surface area (TPSA) is 26.0 Å². The fourth-order valence-electron chi connectivity index (χ4n) is 1.52. The van der Waals surface area contributed by atoms with Gasteiger partial charge >= 0.3 is 0 Å². The minimum absolute atomic E-state index is 0.451. The van der Waals surface area contributed by atoms with E-state index in [4.69, 9.17) is 18.0 Å². The molecule has 0 atom stereocenters. The summed E-state index contributed by atoms with van der Waals surface area (Å²) >= 11 is 4.93. The van der Waals surface area contributed by atoms with Crippen molar-refractivity contribution in [3.8, 4) is 0 Å². The van der Waals surface area contributed by atoms with Crippen LogP contribution in [0, 0.1) is 6.92 Å². The van der Waals surface area contributed by atoms with Crippen LogP contribution in [0.4, 0.5) is 0 Å². The summed E-state index contributed by atoms with van der Waals surface area (Å²) in [6.07, 6.45) is 0. The van der Waals surface area contributed by atoms with Crippen molar-refractivity contribution in [3.05, 3.63) is 47.5 Å². The molecule has 1 nitrogen and oxygen atoms in total. The van der Waals surface area contributed by atoms with Gasteiger partial charge in [-0.2, -0.15) is 0 Å². The average molecular weight is 201 g/mol. The van der Waals surface area contributed by atoms with Crippen LogP contribution >= 0.6 is 12.2 Å². The maximum Gasteiger partial charge on any atom is 0.104 e. The van der Waals surface area contributed by atoms with Crippen LogP contribution in [-0.2, 0) is 0 Å². The normalized spacial score (nSPS) is 10.4. The highest BCUT2D eigenvalue weighted by atomic mass is 32.1. The van der Waals surface area contributed by atoms with Gasteiger partial charge in [-0.05, 0) is 23.8 Å². The lowest BCUT2D eigenvalue weighted by molar-refractivity contribution is 1.50. The van der Waals surface area contributed by atoms with Crippen molar-refractivity contribution in [1.29, 1.82) is 0 Å². The Bertz CT molecular complexity index is 503. The van der Waals surface area contributed by atoms with Crippen molar-refractivity contribution < 1.29 is 0 Å². The fourth-order valence-corrected chi connectivity index (χ4v) is 1.65. The Kier molecular flexibility index (Phi) is 2.22. The molecule has 0 aliphatic carbocycles. The molecule has 14 heavy (non-hydrogen) atoms. The first kappa shape index (κ1) is 9.16. The van der Waals surface area contributed by atoms with Crippen LogP contribution in [0.25, 0.3) is 10.8 Å². The molecule has 0 heterocycles. The zero-order valence-corrected chi connectivity index (χ0v) is 8.77. The number of aryl methyl sites for hydroxylation is 1. The SMILES string of the molecule is Cc1ccc2cc(C(N)=S)ccc2c1. The van der Waals surface area contributed by atoms with Gasteiger partial charge in [0, 0.05) is 5.56 Å². The van der Waals surface area contributed by atoms with Crippen LogP contribution in [0.3, 0.4) is 0 Å². The second kappa shape index (κ2) is 3.39. The van der Waals surface area contributed by atoms with Gasteiger partial charge in [-0.15, -0.1) is 0 Å². The van der Waals surface area contributed by atoms with E-state index in [-0.39, 0.29) is 0 Å². The van der Waals surface area contributed by atoms with Crippen LogP contribution in [0.1, 0.15) is 11.1 Å². The van der Waals surface area contributed by atoms with Crippen molar-refractivity contribution in [2.75, 3.05) is 0 Å². The van der Waals surface area contributed by atoms with E-state index in [2.05, 4.69) is 31.2 Å². The molecule has 2 N–H and O–H groups in total. The van der Waals surface area contributed by atoms with Crippen LogP contribution in [-0.4, -0.2) is 4.99 Å². The molecule has 0 unspecified atom stereocenters. The van der Waals surface area contributed by atoms with E-state index in [1.165, 1.54) is 16.3 Å². The second-order valence-corrected chi connectivity index (χ2v) is 3.87. The highest BCUT2D eigenvalue weighted by molar-refractivity contribution is 7.80. The third-order valence-electron chi connectivity index (χ3n) is 2.28. The van der Waals surface area contributed by atoms with Gasteiger partial charge in [0.2, 0.25) is 0 Å². The third kappa shape index (κ3) is 1.61. The first-order chi connectivity index (χ1) is 6.66. The minimum Gasteiger partial charge on any atom is -0.389 e. The number of nitrogens with two attached hydrogens (primary N) is 1. The number of rotatable bonds is 1. The van der Waals surface area contributed by atoms with Crippen molar-refractivity contribution in [1.82, 2.24) is 0 Å². The standard InChI is InChI=1S/C12H11NS/c1-8-2-3-10-7-11(12(13)14)5-4-9(10)6-8/h2-7H,1H3,(H2,13,14). The summed E-state index contributed by atoms with van der Waals surface area (Å²) in [5.74, 6) is 0. The van der Waals surface area contributed by atoms with E-state index in [1.807, 2.05) is 12.1 Å². The predicted octanol–water partition coefficient (Wildman–Crippen LogP) is 2.78. The van der Waals surface area contributed by atoms with E-state index in [9.17, 15) is 0 Å². The van der Waals surface area contributed by atoms with Crippen LogP contribution in [0.2, 0.25) is 0 Å². The summed E-state index contributed by atoms with van der Waals surface area (Å²) in [7, 11) is 0. The summed E-state index contributed by atoms with van der Waals surface area (Å²) in [4.78, 5) is 0.451. The Morgan fingerprint density at radius 3 is 2.43 bits per heavy atom. The van der Waals surface area contributed by atoms with Gasteiger partial charge in [0.1, 0.15) is 4.99 Å². The number of benzene rings is 2. The number of hydrogen-bond donors (Lipinski definition) is 1. The first-order valence-corrected chi connectivity index (χ1v) is 4.88. The van der Waals surface area contributed by atoms with E-state index in [1.54, 1.807) is 0 Å². The van der Waals surface area contributed by atoms with Gasteiger partial charge in [0.15, 0.2) is 0 Å². The Morgan fingerprint density at radius 2 is 1.71 bits per heavy atom. The van der Waals surface area contributed by atoms with E-state index < -0.39 is 0 Å². The Labute approximate surface area is 88.5 Å². The largest absolute Gasteiger partial charge is 0.389 e. The maximum absolute atomic E-state index is 5.57. The van der Waals surface area contributed by atoms with Crippen molar-refractivity contribution >= 4 is 28.0 Å². The lowest BCUT2D eigenvalue weighted by Crippen LogP contribution is -2.08. The minimum atomic E-state index is 0.451. The molecule has 70 valence electrons. The molecule has 2 rings (SSSR count). The zero-order chi connectivity index (χ0) is 10.1. The molecule has 0 radical (unpaired) electrons. The van der Waals surface area contributed by atoms with Crippen molar-refractivity contribution in [2.24, 2.45) is 5.73 Å². The number of fused-ring (bicyclic) bond motifs is 1. The number of thiocarbonyl (C=S) groups is 1. The van der Waals surface area contributed by atoms with E-state index in [0.29, 0.717) is 4.99 Å². The van der Waals surface area contributed by atoms with Gasteiger partial charge < -0.3 is 5.73 Å². The van der Waals surface area contributed by atoms with Gasteiger partial charge in [-0.3, -0.25) is 0 Å². The predicted molar refractivity (Wildman–Crippen MR) is 64.6 cm³/mol. The van der Waals surface area contributed by atoms with Gasteiger partial charge in [0.25, 0.3) is 0 Å². The van der Waals surface area contributed by atoms with Crippen molar-refractivity contribution in [2.45, 2.75) is 6.92 Å². The lowest BCUT2D eigenvalue weighted by Gasteiger charge is -2.02. The Hall–Kier alpha value is -1.41. The maximum atomic E-state index is 5.57. The second-order valence-electron chi connectivity index (χ2n) is 3.43. The van der Waals surface area contributed by atoms with Crippen molar-refractivity contribution in [3.63, 3.8) is 0 Å². The molecule has 0 saturated carbocycles. The van der Waals surface area contributed by atoms with E-state index in [0.717, 1.165) is 5.56 Å². The van der Waals surface area contributed by atoms with Crippen LogP contribution in [0.5, 0.6) is 0 Å². The summed E-state index contributed by atoms with van der Waals surface area (Å²) in [6.45, 7) is 2.08.